The summed E-state index contributed by atoms with van der Waals surface area (Å²) in [5.41, 5.74) is 2.08. The molecule has 0 atom stereocenters. The lowest BCUT2D eigenvalue weighted by atomic mass is 10.1. The Hall–Kier alpha value is -3.16. The van der Waals surface area contributed by atoms with Gasteiger partial charge in [-0.05, 0) is 37.5 Å². The molecule has 0 bridgehead atoms. The Balaban J connectivity index is 1.83. The molecule has 8 heteroatoms. The smallest absolute Gasteiger partial charge is 0.274 e. The Morgan fingerprint density at radius 2 is 1.83 bits per heavy atom. The van der Waals surface area contributed by atoms with E-state index in [4.69, 9.17) is 9.47 Å². The van der Waals surface area contributed by atoms with Crippen LogP contribution >= 0.6 is 0 Å². The summed E-state index contributed by atoms with van der Waals surface area (Å²) in [6, 6.07) is 5.69. The van der Waals surface area contributed by atoms with Crippen LogP contribution in [0.5, 0.6) is 11.5 Å². The van der Waals surface area contributed by atoms with Crippen molar-refractivity contribution in [3.8, 4) is 11.5 Å². The first-order valence-electron chi connectivity index (χ1n) is 10.0. The molecular formula is C22H30N4O4. The third kappa shape index (κ3) is 6.72. The molecule has 1 N–H and O–H groups in total. The lowest BCUT2D eigenvalue weighted by Crippen LogP contribution is -2.36. The van der Waals surface area contributed by atoms with Gasteiger partial charge in [0.05, 0.1) is 26.1 Å². The molecule has 0 saturated heterocycles. The first-order valence-corrected chi connectivity index (χ1v) is 10.0. The van der Waals surface area contributed by atoms with E-state index in [0.29, 0.717) is 43.2 Å². The number of aryl methyl sites for hydroxylation is 1. The average Bonchev–Trinajstić information content (AvgIpc) is 2.76. The lowest BCUT2D eigenvalue weighted by molar-refractivity contribution is -0.121. The number of benzene rings is 1. The predicted molar refractivity (Wildman–Crippen MR) is 114 cm³/mol. The van der Waals surface area contributed by atoms with Gasteiger partial charge in [0.1, 0.15) is 5.69 Å². The van der Waals surface area contributed by atoms with Gasteiger partial charge in [-0.1, -0.05) is 13.0 Å². The van der Waals surface area contributed by atoms with E-state index in [2.05, 4.69) is 15.3 Å². The van der Waals surface area contributed by atoms with Crippen molar-refractivity contribution >= 4 is 11.8 Å². The number of hydrogen-bond acceptors (Lipinski definition) is 6. The molecule has 0 aliphatic carbocycles. The SMILES string of the molecule is CCCN(CCC(=O)NCCc1ccc(OC)c(OC)c1)C(=O)c1cnc(C)cn1. The maximum atomic E-state index is 12.6. The van der Waals surface area contributed by atoms with Crippen LogP contribution in [0, 0.1) is 6.92 Å². The zero-order valence-corrected chi connectivity index (χ0v) is 18.1. The average molecular weight is 415 g/mol. The standard InChI is InChI=1S/C22H30N4O4/c1-5-11-26(22(28)18-15-24-16(2)14-25-18)12-9-21(27)23-10-8-17-6-7-19(29-3)20(13-17)30-4/h6-7,13-15H,5,8-12H2,1-4H3,(H,23,27). The van der Waals surface area contributed by atoms with E-state index >= 15 is 0 Å². The van der Waals surface area contributed by atoms with Gasteiger partial charge in [0.25, 0.3) is 5.91 Å². The minimum atomic E-state index is -0.206. The lowest BCUT2D eigenvalue weighted by Gasteiger charge is -2.21. The highest BCUT2D eigenvalue weighted by molar-refractivity contribution is 5.92. The number of aromatic nitrogens is 2. The number of amides is 2. The molecule has 0 aliphatic rings. The summed E-state index contributed by atoms with van der Waals surface area (Å²) >= 11 is 0. The molecule has 162 valence electrons. The quantitative estimate of drug-likeness (QED) is 0.607. The normalized spacial score (nSPS) is 10.4. The second kappa shape index (κ2) is 11.7. The summed E-state index contributed by atoms with van der Waals surface area (Å²) in [5.74, 6) is 1.03. The molecule has 0 unspecified atom stereocenters. The Labute approximate surface area is 177 Å². The molecule has 1 heterocycles. The maximum absolute atomic E-state index is 12.6. The molecule has 2 rings (SSSR count). The van der Waals surface area contributed by atoms with Crippen molar-refractivity contribution in [1.29, 1.82) is 0 Å². The monoisotopic (exact) mass is 414 g/mol. The van der Waals surface area contributed by atoms with Gasteiger partial charge < -0.3 is 19.7 Å². The van der Waals surface area contributed by atoms with Crippen molar-refractivity contribution in [3.05, 3.63) is 47.5 Å². The Morgan fingerprint density at radius 3 is 2.47 bits per heavy atom. The second-order valence-electron chi connectivity index (χ2n) is 6.87. The van der Waals surface area contributed by atoms with Crippen molar-refractivity contribution < 1.29 is 19.1 Å². The summed E-state index contributed by atoms with van der Waals surface area (Å²) in [6.45, 7) is 5.21. The van der Waals surface area contributed by atoms with Crippen LogP contribution in [-0.2, 0) is 11.2 Å². The highest BCUT2D eigenvalue weighted by Gasteiger charge is 2.17. The minimum Gasteiger partial charge on any atom is -0.493 e. The Morgan fingerprint density at radius 1 is 1.07 bits per heavy atom. The number of ether oxygens (including phenoxy) is 2. The van der Waals surface area contributed by atoms with Crippen LogP contribution in [0.2, 0.25) is 0 Å². The number of carbonyl (C=O) groups is 2. The number of rotatable bonds is 11. The fourth-order valence-electron chi connectivity index (χ4n) is 2.96. The van der Waals surface area contributed by atoms with E-state index in [1.165, 1.54) is 6.20 Å². The van der Waals surface area contributed by atoms with Crippen LogP contribution in [-0.4, -0.2) is 60.5 Å². The highest BCUT2D eigenvalue weighted by atomic mass is 16.5. The number of nitrogens with one attached hydrogen (secondary N) is 1. The van der Waals surface area contributed by atoms with Crippen molar-refractivity contribution in [2.75, 3.05) is 33.9 Å². The third-order valence-corrected chi connectivity index (χ3v) is 4.57. The molecule has 0 saturated carbocycles. The maximum Gasteiger partial charge on any atom is 0.274 e. The predicted octanol–water partition coefficient (Wildman–Crippen LogP) is 2.40. The third-order valence-electron chi connectivity index (χ3n) is 4.57. The molecule has 30 heavy (non-hydrogen) atoms. The van der Waals surface area contributed by atoms with E-state index < -0.39 is 0 Å². The summed E-state index contributed by atoms with van der Waals surface area (Å²) in [5, 5.41) is 2.90. The van der Waals surface area contributed by atoms with E-state index in [1.54, 1.807) is 25.3 Å². The van der Waals surface area contributed by atoms with Gasteiger partial charge >= 0.3 is 0 Å². The Kier molecular flexibility index (Phi) is 9.05. The van der Waals surface area contributed by atoms with Crippen LogP contribution in [0.4, 0.5) is 0 Å². The van der Waals surface area contributed by atoms with E-state index in [-0.39, 0.29) is 18.2 Å². The van der Waals surface area contributed by atoms with Gasteiger partial charge in [-0.15, -0.1) is 0 Å². The molecule has 0 fully saturated rings. The minimum absolute atomic E-state index is 0.0978. The summed E-state index contributed by atoms with van der Waals surface area (Å²) in [6.07, 6.45) is 4.74. The Bertz CT molecular complexity index is 840. The van der Waals surface area contributed by atoms with Gasteiger partial charge in [-0.25, -0.2) is 4.98 Å². The van der Waals surface area contributed by atoms with Gasteiger partial charge in [0, 0.05) is 32.3 Å². The highest BCUT2D eigenvalue weighted by Crippen LogP contribution is 2.27. The van der Waals surface area contributed by atoms with Crippen LogP contribution < -0.4 is 14.8 Å². The molecule has 0 radical (unpaired) electrons. The van der Waals surface area contributed by atoms with Crippen LogP contribution in [0.25, 0.3) is 0 Å². The van der Waals surface area contributed by atoms with Gasteiger partial charge in [-0.2, -0.15) is 0 Å². The van der Waals surface area contributed by atoms with Gasteiger partial charge in [0.15, 0.2) is 11.5 Å². The van der Waals surface area contributed by atoms with E-state index in [9.17, 15) is 9.59 Å². The first-order chi connectivity index (χ1) is 14.5. The summed E-state index contributed by atoms with van der Waals surface area (Å²) < 4.78 is 10.5. The van der Waals surface area contributed by atoms with Gasteiger partial charge in [0.2, 0.25) is 5.91 Å². The van der Waals surface area contributed by atoms with Crippen molar-refractivity contribution in [3.63, 3.8) is 0 Å². The molecule has 1 aromatic carbocycles. The van der Waals surface area contributed by atoms with Crippen LogP contribution in [0.15, 0.2) is 30.6 Å². The summed E-state index contributed by atoms with van der Waals surface area (Å²) in [7, 11) is 3.19. The number of carbonyl (C=O) groups excluding carboxylic acids is 2. The zero-order valence-electron chi connectivity index (χ0n) is 18.1. The molecule has 0 aliphatic heterocycles. The van der Waals surface area contributed by atoms with Crippen LogP contribution in [0.1, 0.15) is 41.5 Å². The topological polar surface area (TPSA) is 93.7 Å². The molecule has 1 aromatic heterocycles. The van der Waals surface area contributed by atoms with Gasteiger partial charge in [-0.3, -0.25) is 14.6 Å². The number of hydrogen-bond donors (Lipinski definition) is 1. The van der Waals surface area contributed by atoms with E-state index in [0.717, 1.165) is 17.7 Å². The molecule has 2 aromatic rings. The first kappa shape index (κ1) is 23.1. The fourth-order valence-corrected chi connectivity index (χ4v) is 2.96. The van der Waals surface area contributed by atoms with Crippen LogP contribution in [0.3, 0.4) is 0 Å². The molecule has 2 amide bonds. The number of nitrogens with zero attached hydrogens (tertiary/aromatic N) is 3. The molecule has 8 nitrogen and oxygen atoms in total. The second-order valence-corrected chi connectivity index (χ2v) is 6.87. The molecular weight excluding hydrogens is 384 g/mol. The molecule has 0 spiro atoms. The number of methoxy groups -OCH3 is 2. The largest absolute Gasteiger partial charge is 0.493 e. The fraction of sp³-hybridized carbons (Fsp3) is 0.455. The van der Waals surface area contributed by atoms with E-state index in [1.807, 2.05) is 32.0 Å². The summed E-state index contributed by atoms with van der Waals surface area (Å²) in [4.78, 5) is 34.8. The van der Waals surface area contributed by atoms with Crippen molar-refractivity contribution in [1.82, 2.24) is 20.2 Å². The van der Waals surface area contributed by atoms with Crippen molar-refractivity contribution in [2.24, 2.45) is 0 Å². The zero-order chi connectivity index (χ0) is 21.9. The van der Waals surface area contributed by atoms with Crippen molar-refractivity contribution in [2.45, 2.75) is 33.1 Å².